The first-order chi connectivity index (χ1) is 21.5. The summed E-state index contributed by atoms with van der Waals surface area (Å²) >= 11 is 0. The van der Waals surface area contributed by atoms with Gasteiger partial charge in [0.05, 0.1) is 65.5 Å². The van der Waals surface area contributed by atoms with E-state index in [9.17, 15) is 4.79 Å². The van der Waals surface area contributed by atoms with Crippen LogP contribution in [0.1, 0.15) is 49.0 Å². The zero-order valence-electron chi connectivity index (χ0n) is 26.7. The number of carbonyl (C=O) groups excluding carboxylic acids is 1. The standard InChI is InChI=1S/C35H50N2O7/c1-26-33-34(38)31-11-8-29(24-32(31)35(26,2)12-13-37(33)25-27-4-5-27)36-28-6-9-30(10-7-28)44-23-22-43-21-20-42-19-18-41-17-16-40-15-14-39-3/h6-11,24,26-27,33,36H,4-5,12-23,25H2,1-3H3/t26-,33-,35+/m0/s1. The molecule has 9 nitrogen and oxygen atoms in total. The number of ketones is 1. The topological polar surface area (TPSA) is 87.7 Å². The average molecular weight is 611 g/mol. The number of nitrogens with zero attached hydrogens (tertiary/aromatic N) is 1. The molecule has 2 fully saturated rings. The van der Waals surface area contributed by atoms with Crippen molar-refractivity contribution >= 4 is 17.2 Å². The van der Waals surface area contributed by atoms with Crippen LogP contribution in [0.5, 0.6) is 5.75 Å². The molecule has 0 aromatic heterocycles. The number of ether oxygens (including phenoxy) is 6. The summed E-state index contributed by atoms with van der Waals surface area (Å²) in [5, 5.41) is 3.53. The lowest BCUT2D eigenvalue weighted by atomic mass is 9.58. The second-order valence-electron chi connectivity index (χ2n) is 12.4. The Labute approximate surface area is 262 Å². The minimum Gasteiger partial charge on any atom is -0.491 e. The fourth-order valence-corrected chi connectivity index (χ4v) is 6.41. The molecule has 44 heavy (non-hydrogen) atoms. The number of benzene rings is 2. The Kier molecular flexibility index (Phi) is 12.1. The van der Waals surface area contributed by atoms with Gasteiger partial charge in [-0.2, -0.15) is 0 Å². The lowest BCUT2D eigenvalue weighted by Gasteiger charge is -2.53. The molecule has 3 atom stereocenters. The highest BCUT2D eigenvalue weighted by atomic mass is 16.6. The van der Waals surface area contributed by atoms with E-state index in [1.165, 1.54) is 18.4 Å². The zero-order chi connectivity index (χ0) is 30.8. The van der Waals surface area contributed by atoms with Crippen molar-refractivity contribution in [3.63, 3.8) is 0 Å². The van der Waals surface area contributed by atoms with Gasteiger partial charge < -0.3 is 33.7 Å². The SMILES string of the molecule is COCCOCCOCCOCCOCCOc1ccc(Nc2ccc3c(c2)[C@]2(C)CCN(CC4CC4)[C@H](C3=O)[C@@H]2C)cc1. The van der Waals surface area contributed by atoms with E-state index in [2.05, 4.69) is 30.1 Å². The molecule has 1 N–H and O–H groups in total. The molecule has 242 valence electrons. The van der Waals surface area contributed by atoms with E-state index >= 15 is 0 Å². The number of nitrogens with one attached hydrogen (secondary N) is 1. The van der Waals surface area contributed by atoms with Crippen molar-refractivity contribution in [2.24, 2.45) is 11.8 Å². The Hall–Kier alpha value is -2.53. The maximum Gasteiger partial charge on any atom is 0.180 e. The number of carbonyl (C=O) groups is 1. The minimum atomic E-state index is 0.00576. The van der Waals surface area contributed by atoms with Crippen LogP contribution in [0.2, 0.25) is 0 Å². The molecule has 1 saturated heterocycles. The molecule has 0 spiro atoms. The first-order valence-electron chi connectivity index (χ1n) is 16.2. The quantitative estimate of drug-likeness (QED) is 0.206. The second kappa shape index (κ2) is 16.2. The molecule has 2 aromatic rings. The van der Waals surface area contributed by atoms with E-state index in [0.29, 0.717) is 77.8 Å². The van der Waals surface area contributed by atoms with Gasteiger partial charge >= 0.3 is 0 Å². The smallest absolute Gasteiger partial charge is 0.180 e. The number of hydrogen-bond donors (Lipinski definition) is 1. The highest BCUT2D eigenvalue weighted by Crippen LogP contribution is 2.50. The fourth-order valence-electron chi connectivity index (χ4n) is 6.41. The number of likely N-dealkylation sites (tertiary alicyclic amines) is 1. The van der Waals surface area contributed by atoms with E-state index < -0.39 is 0 Å². The third-order valence-corrected chi connectivity index (χ3v) is 9.34. The summed E-state index contributed by atoms with van der Waals surface area (Å²) in [6.45, 7) is 12.1. The Bertz CT molecular complexity index is 1190. The number of methoxy groups -OCH3 is 1. The van der Waals surface area contributed by atoms with E-state index in [-0.39, 0.29) is 11.5 Å². The summed E-state index contributed by atoms with van der Waals surface area (Å²) in [5.41, 5.74) is 4.09. The molecule has 0 amide bonds. The first kappa shape index (κ1) is 32.9. The lowest BCUT2D eigenvalue weighted by molar-refractivity contribution is -0.00978. The zero-order valence-corrected chi connectivity index (χ0v) is 26.7. The minimum absolute atomic E-state index is 0.00576. The molecule has 2 aliphatic carbocycles. The normalized spacial score (nSPS) is 23.0. The van der Waals surface area contributed by atoms with Crippen LogP contribution in [0.25, 0.3) is 0 Å². The summed E-state index contributed by atoms with van der Waals surface area (Å²) in [4.78, 5) is 16.1. The Morgan fingerprint density at radius 2 is 1.41 bits per heavy atom. The van der Waals surface area contributed by atoms with Gasteiger partial charge in [0.15, 0.2) is 5.78 Å². The number of anilines is 2. The third kappa shape index (κ3) is 8.59. The monoisotopic (exact) mass is 610 g/mol. The van der Waals surface area contributed by atoms with E-state index in [0.717, 1.165) is 48.1 Å². The Morgan fingerprint density at radius 3 is 2.02 bits per heavy atom. The molecule has 3 aliphatic rings. The van der Waals surface area contributed by atoms with Gasteiger partial charge in [0.1, 0.15) is 12.4 Å². The molecule has 5 rings (SSSR count). The van der Waals surface area contributed by atoms with Crippen molar-refractivity contribution in [1.29, 1.82) is 0 Å². The summed E-state index contributed by atoms with van der Waals surface area (Å²) in [7, 11) is 1.65. The van der Waals surface area contributed by atoms with Gasteiger partial charge in [-0.3, -0.25) is 9.69 Å². The van der Waals surface area contributed by atoms with Crippen molar-refractivity contribution < 1.29 is 33.2 Å². The number of fused-ring (bicyclic) bond motifs is 4. The van der Waals surface area contributed by atoms with Crippen molar-refractivity contribution in [2.45, 2.75) is 44.6 Å². The summed E-state index contributed by atoms with van der Waals surface area (Å²) in [6.07, 6.45) is 3.72. The highest BCUT2D eigenvalue weighted by molar-refractivity contribution is 6.04. The van der Waals surface area contributed by atoms with Crippen molar-refractivity contribution in [2.75, 3.05) is 91.6 Å². The van der Waals surface area contributed by atoms with E-state index in [1.54, 1.807) is 7.11 Å². The van der Waals surface area contributed by atoms with Gasteiger partial charge in [0.25, 0.3) is 0 Å². The molecular formula is C35H50N2O7. The lowest BCUT2D eigenvalue weighted by Crippen LogP contribution is -2.61. The summed E-state index contributed by atoms with van der Waals surface area (Å²) in [5.74, 6) is 2.19. The Morgan fingerprint density at radius 1 is 0.818 bits per heavy atom. The number of hydrogen-bond acceptors (Lipinski definition) is 9. The molecule has 2 aromatic carbocycles. The van der Waals surface area contributed by atoms with Gasteiger partial charge in [-0.25, -0.2) is 0 Å². The van der Waals surface area contributed by atoms with Crippen LogP contribution in [0, 0.1) is 11.8 Å². The summed E-state index contributed by atoms with van der Waals surface area (Å²) < 4.78 is 32.6. The fraction of sp³-hybridized carbons (Fsp3) is 0.629. The maximum absolute atomic E-state index is 13.6. The molecule has 1 saturated carbocycles. The van der Waals surface area contributed by atoms with Crippen molar-refractivity contribution in [1.82, 2.24) is 4.90 Å². The molecular weight excluding hydrogens is 560 g/mol. The van der Waals surface area contributed by atoms with Crippen LogP contribution in [-0.2, 0) is 29.1 Å². The number of Topliss-reactive ketones (excluding diaryl/α,β-unsaturated/α-hetero) is 1. The van der Waals surface area contributed by atoms with Crippen LogP contribution >= 0.6 is 0 Å². The molecule has 0 unspecified atom stereocenters. The predicted octanol–water partition coefficient (Wildman–Crippen LogP) is 5.10. The van der Waals surface area contributed by atoms with Crippen molar-refractivity contribution in [3.05, 3.63) is 53.6 Å². The first-order valence-corrected chi connectivity index (χ1v) is 16.2. The number of rotatable bonds is 20. The predicted molar refractivity (Wildman–Crippen MR) is 170 cm³/mol. The van der Waals surface area contributed by atoms with Crippen LogP contribution in [0.4, 0.5) is 11.4 Å². The summed E-state index contributed by atoms with van der Waals surface area (Å²) in [6, 6.07) is 14.2. The molecule has 1 aliphatic heterocycles. The largest absolute Gasteiger partial charge is 0.491 e. The average Bonchev–Trinajstić information content (AvgIpc) is 3.85. The molecule has 9 heteroatoms. The Balaban J connectivity index is 0.994. The number of piperidine rings is 1. The molecule has 2 bridgehead atoms. The van der Waals surface area contributed by atoms with Gasteiger partial charge in [0, 0.05) is 30.6 Å². The molecule has 1 heterocycles. The van der Waals surface area contributed by atoms with Gasteiger partial charge in [-0.15, -0.1) is 0 Å². The van der Waals surface area contributed by atoms with Crippen molar-refractivity contribution in [3.8, 4) is 5.75 Å². The van der Waals surface area contributed by atoms with Gasteiger partial charge in [-0.05, 0) is 91.1 Å². The van der Waals surface area contributed by atoms with Crippen LogP contribution in [0.15, 0.2) is 42.5 Å². The van der Waals surface area contributed by atoms with E-state index in [1.807, 2.05) is 36.4 Å². The van der Waals surface area contributed by atoms with E-state index in [4.69, 9.17) is 28.4 Å². The van der Waals surface area contributed by atoms with Crippen LogP contribution < -0.4 is 10.1 Å². The maximum atomic E-state index is 13.6. The van der Waals surface area contributed by atoms with Crippen LogP contribution in [0.3, 0.4) is 0 Å². The van der Waals surface area contributed by atoms with Gasteiger partial charge in [-0.1, -0.05) is 13.8 Å². The highest BCUT2D eigenvalue weighted by Gasteiger charge is 2.52. The third-order valence-electron chi connectivity index (χ3n) is 9.34. The molecule has 0 radical (unpaired) electrons. The second-order valence-corrected chi connectivity index (χ2v) is 12.4. The van der Waals surface area contributed by atoms with Gasteiger partial charge in [0.2, 0.25) is 0 Å². The van der Waals surface area contributed by atoms with Crippen LogP contribution in [-0.4, -0.2) is 103 Å².